The predicted molar refractivity (Wildman–Crippen MR) is 84.4 cm³/mol. The van der Waals surface area contributed by atoms with E-state index in [4.69, 9.17) is 0 Å². The molecule has 0 radical (unpaired) electrons. The van der Waals surface area contributed by atoms with Gasteiger partial charge in [0.25, 0.3) is 0 Å². The van der Waals surface area contributed by atoms with Crippen molar-refractivity contribution in [2.24, 2.45) is 17.8 Å². The summed E-state index contributed by atoms with van der Waals surface area (Å²) in [6.45, 7) is 8.38. The third-order valence-corrected chi connectivity index (χ3v) is 4.54. The van der Waals surface area contributed by atoms with Crippen LogP contribution in [-0.2, 0) is 4.79 Å². The molecule has 0 aromatic carbocycles. The first-order valence-electron chi connectivity index (χ1n) is 8.24. The third kappa shape index (κ3) is 4.22. The molecule has 0 bridgehead atoms. The van der Waals surface area contributed by atoms with Gasteiger partial charge in [0.2, 0.25) is 5.91 Å². The molecule has 1 fully saturated rings. The molecule has 1 amide bonds. The van der Waals surface area contributed by atoms with Crippen LogP contribution in [0.1, 0.15) is 52.9 Å². The maximum atomic E-state index is 12.2. The van der Waals surface area contributed by atoms with Crippen LogP contribution in [0.2, 0.25) is 0 Å². The van der Waals surface area contributed by atoms with Crippen molar-refractivity contribution in [3.05, 3.63) is 23.8 Å². The van der Waals surface area contributed by atoms with Gasteiger partial charge < -0.3 is 4.90 Å². The predicted octanol–water partition coefficient (Wildman–Crippen LogP) is 4.18. The minimum atomic E-state index is 0.342. The van der Waals surface area contributed by atoms with Crippen molar-refractivity contribution in [2.45, 2.75) is 52.9 Å². The van der Waals surface area contributed by atoms with Crippen LogP contribution in [0.3, 0.4) is 0 Å². The van der Waals surface area contributed by atoms with E-state index in [2.05, 4.69) is 39.0 Å². The lowest BCUT2D eigenvalue weighted by atomic mass is 9.82. The van der Waals surface area contributed by atoms with Gasteiger partial charge in [-0.1, -0.05) is 37.6 Å². The van der Waals surface area contributed by atoms with Gasteiger partial charge in [0.15, 0.2) is 0 Å². The van der Waals surface area contributed by atoms with Crippen molar-refractivity contribution in [1.82, 2.24) is 4.90 Å². The number of rotatable bonds is 6. The van der Waals surface area contributed by atoms with Crippen molar-refractivity contribution in [3.63, 3.8) is 0 Å². The lowest BCUT2D eigenvalue weighted by molar-refractivity contribution is -0.132. The Morgan fingerprint density at radius 2 is 2.15 bits per heavy atom. The van der Waals surface area contributed by atoms with Crippen molar-refractivity contribution >= 4 is 5.91 Å². The van der Waals surface area contributed by atoms with Crippen molar-refractivity contribution in [2.75, 3.05) is 13.1 Å². The van der Waals surface area contributed by atoms with Crippen LogP contribution in [-0.4, -0.2) is 23.9 Å². The lowest BCUT2D eigenvalue weighted by Gasteiger charge is -2.25. The van der Waals surface area contributed by atoms with Crippen molar-refractivity contribution in [1.29, 1.82) is 0 Å². The maximum absolute atomic E-state index is 12.2. The summed E-state index contributed by atoms with van der Waals surface area (Å²) in [5, 5.41) is 0. The normalized spacial score (nSPS) is 26.6. The van der Waals surface area contributed by atoms with Crippen LogP contribution in [0.4, 0.5) is 0 Å². The van der Waals surface area contributed by atoms with E-state index in [0.29, 0.717) is 23.7 Å². The van der Waals surface area contributed by atoms with Gasteiger partial charge in [-0.3, -0.25) is 4.79 Å². The number of carbonyl (C=O) groups is 1. The number of hydrogen-bond donors (Lipinski definition) is 0. The molecular weight excluding hydrogens is 246 g/mol. The second kappa shape index (κ2) is 7.10. The fraction of sp³-hybridized carbons (Fsp3) is 0.722. The smallest absolute Gasteiger partial charge is 0.225 e. The Labute approximate surface area is 123 Å². The molecule has 1 saturated carbocycles. The van der Waals surface area contributed by atoms with E-state index in [1.165, 1.54) is 18.4 Å². The van der Waals surface area contributed by atoms with Gasteiger partial charge in [-0.15, -0.1) is 0 Å². The zero-order valence-corrected chi connectivity index (χ0v) is 13.3. The Bertz CT molecular complexity index is 392. The van der Waals surface area contributed by atoms with Gasteiger partial charge in [-0.05, 0) is 50.9 Å². The first-order valence-corrected chi connectivity index (χ1v) is 8.24. The molecule has 2 nitrogen and oxygen atoms in total. The third-order valence-electron chi connectivity index (χ3n) is 4.54. The van der Waals surface area contributed by atoms with Gasteiger partial charge in [0.05, 0.1) is 0 Å². The summed E-state index contributed by atoms with van der Waals surface area (Å²) in [6, 6.07) is 0. The monoisotopic (exact) mass is 275 g/mol. The Morgan fingerprint density at radius 3 is 2.75 bits per heavy atom. The molecule has 0 heterocycles. The van der Waals surface area contributed by atoms with Gasteiger partial charge in [0, 0.05) is 19.0 Å². The Morgan fingerprint density at radius 1 is 1.40 bits per heavy atom. The molecule has 2 unspecified atom stereocenters. The standard InChI is InChI=1S/C18H29NO/c1-4-11-19(18(20)17-9-10-17)12-5-6-16-8-7-14(2)13-15(16)3/h5-6,13,15-17H,4,7-12H2,1-3H3/b6-5-. The average molecular weight is 275 g/mol. The van der Waals surface area contributed by atoms with Crippen LogP contribution in [0, 0.1) is 17.8 Å². The molecule has 0 spiro atoms. The number of carbonyl (C=O) groups excluding carboxylic acids is 1. The van der Waals surface area contributed by atoms with Crippen molar-refractivity contribution in [3.8, 4) is 0 Å². The molecule has 0 saturated heterocycles. The molecular formula is C18H29NO. The highest BCUT2D eigenvalue weighted by molar-refractivity contribution is 5.81. The number of amides is 1. The molecule has 0 aromatic heterocycles. The maximum Gasteiger partial charge on any atom is 0.225 e. The first-order chi connectivity index (χ1) is 9.61. The summed E-state index contributed by atoms with van der Waals surface area (Å²) in [5.74, 6) is 2.01. The minimum absolute atomic E-state index is 0.342. The number of hydrogen-bond acceptors (Lipinski definition) is 1. The van der Waals surface area contributed by atoms with Crippen LogP contribution in [0.5, 0.6) is 0 Å². The van der Waals surface area contributed by atoms with Gasteiger partial charge >= 0.3 is 0 Å². The highest BCUT2D eigenvalue weighted by Gasteiger charge is 2.32. The SMILES string of the molecule is CCCN(C/C=C\C1CCC(C)=CC1C)C(=O)C1CC1. The summed E-state index contributed by atoms with van der Waals surface area (Å²) < 4.78 is 0. The van der Waals surface area contributed by atoms with E-state index >= 15 is 0 Å². The van der Waals surface area contributed by atoms with Crippen LogP contribution in [0.25, 0.3) is 0 Å². The molecule has 0 aliphatic heterocycles. The molecule has 2 aliphatic rings. The van der Waals surface area contributed by atoms with E-state index < -0.39 is 0 Å². The molecule has 20 heavy (non-hydrogen) atoms. The topological polar surface area (TPSA) is 20.3 Å². The Hall–Kier alpha value is -1.05. The van der Waals surface area contributed by atoms with E-state index in [0.717, 1.165) is 32.4 Å². The number of nitrogens with zero attached hydrogens (tertiary/aromatic N) is 1. The van der Waals surface area contributed by atoms with E-state index in [1.807, 2.05) is 4.90 Å². The van der Waals surface area contributed by atoms with E-state index in [-0.39, 0.29) is 0 Å². The summed E-state index contributed by atoms with van der Waals surface area (Å²) in [7, 11) is 0. The molecule has 0 N–H and O–H groups in total. The lowest BCUT2D eigenvalue weighted by Crippen LogP contribution is -2.33. The minimum Gasteiger partial charge on any atom is -0.339 e. The summed E-state index contributed by atoms with van der Waals surface area (Å²) in [5.41, 5.74) is 1.53. The van der Waals surface area contributed by atoms with Crippen LogP contribution in [0.15, 0.2) is 23.8 Å². The average Bonchev–Trinajstić information content (AvgIpc) is 3.23. The van der Waals surface area contributed by atoms with Crippen molar-refractivity contribution < 1.29 is 4.79 Å². The fourth-order valence-electron chi connectivity index (χ4n) is 3.10. The molecule has 0 aromatic rings. The van der Waals surface area contributed by atoms with E-state index in [9.17, 15) is 4.79 Å². The highest BCUT2D eigenvalue weighted by atomic mass is 16.2. The van der Waals surface area contributed by atoms with E-state index in [1.54, 1.807) is 0 Å². The van der Waals surface area contributed by atoms with Gasteiger partial charge in [-0.2, -0.15) is 0 Å². The summed E-state index contributed by atoms with van der Waals surface area (Å²) in [4.78, 5) is 14.2. The molecule has 2 aliphatic carbocycles. The summed E-state index contributed by atoms with van der Waals surface area (Å²) >= 11 is 0. The van der Waals surface area contributed by atoms with Crippen LogP contribution < -0.4 is 0 Å². The van der Waals surface area contributed by atoms with Crippen LogP contribution >= 0.6 is 0 Å². The second-order valence-electron chi connectivity index (χ2n) is 6.56. The Balaban J connectivity index is 1.85. The molecule has 2 heteroatoms. The molecule has 112 valence electrons. The highest BCUT2D eigenvalue weighted by Crippen LogP contribution is 2.31. The molecule has 2 rings (SSSR count). The largest absolute Gasteiger partial charge is 0.339 e. The zero-order valence-electron chi connectivity index (χ0n) is 13.3. The van der Waals surface area contributed by atoms with Gasteiger partial charge in [-0.25, -0.2) is 0 Å². The first kappa shape index (κ1) is 15.3. The summed E-state index contributed by atoms with van der Waals surface area (Å²) in [6.07, 6.45) is 12.7. The Kier molecular flexibility index (Phi) is 5.45. The fourth-order valence-corrected chi connectivity index (χ4v) is 3.10. The van der Waals surface area contributed by atoms with Gasteiger partial charge in [0.1, 0.15) is 0 Å². The number of allylic oxidation sites excluding steroid dienone is 3. The quantitative estimate of drug-likeness (QED) is 0.666. The molecule has 2 atom stereocenters. The second-order valence-corrected chi connectivity index (χ2v) is 6.56. The zero-order chi connectivity index (χ0) is 14.5.